The Morgan fingerprint density at radius 2 is 2.16 bits per heavy atom. The van der Waals surface area contributed by atoms with Gasteiger partial charge in [-0.05, 0) is 55.7 Å². The van der Waals surface area contributed by atoms with Gasteiger partial charge in [0.15, 0.2) is 24.0 Å². The predicted molar refractivity (Wildman–Crippen MR) is 130 cm³/mol. The summed E-state index contributed by atoms with van der Waals surface area (Å²) in [6.07, 6.45) is 8.58. The minimum atomic E-state index is -0.629. The lowest BCUT2D eigenvalue weighted by Gasteiger charge is -2.20. The third-order valence-corrected chi connectivity index (χ3v) is 6.84. The number of H-pyrrole nitrogens is 1. The number of hydrogen-bond acceptors (Lipinski definition) is 9. The van der Waals surface area contributed by atoms with Gasteiger partial charge in [-0.1, -0.05) is 6.08 Å². The van der Waals surface area contributed by atoms with Gasteiger partial charge < -0.3 is 19.2 Å². The average molecular weight is 507 g/mol. The Bertz CT molecular complexity index is 1380. The number of nitrogens with one attached hydrogen (secondary N) is 1. The Morgan fingerprint density at radius 1 is 1.30 bits per heavy atom. The molecule has 0 aliphatic heterocycles. The SMILES string of the molecule is COCOc1nc(C2=CCC(Cc3nc4ccc(C(=O)OCC5(CC#N)CC5)nc4[nH]3)CC2)ncc1F. The van der Waals surface area contributed by atoms with Gasteiger partial charge in [0.05, 0.1) is 18.9 Å². The van der Waals surface area contributed by atoms with Gasteiger partial charge in [0, 0.05) is 25.4 Å². The summed E-state index contributed by atoms with van der Waals surface area (Å²) in [5, 5.41) is 8.93. The van der Waals surface area contributed by atoms with Crippen LogP contribution in [0.5, 0.6) is 5.88 Å². The van der Waals surface area contributed by atoms with E-state index in [1.165, 1.54) is 7.11 Å². The fourth-order valence-corrected chi connectivity index (χ4v) is 4.44. The van der Waals surface area contributed by atoms with Crippen molar-refractivity contribution in [3.8, 4) is 11.9 Å². The third kappa shape index (κ3) is 5.75. The number of aromatic amines is 1. The fraction of sp³-hybridized carbons (Fsp3) is 0.462. The van der Waals surface area contributed by atoms with Crippen molar-refractivity contribution < 1.29 is 23.4 Å². The number of hydrogen-bond donors (Lipinski definition) is 1. The molecule has 5 rings (SSSR count). The normalized spacial score (nSPS) is 18.2. The summed E-state index contributed by atoms with van der Waals surface area (Å²) >= 11 is 0. The molecule has 11 heteroatoms. The molecule has 0 spiro atoms. The second kappa shape index (κ2) is 10.6. The average Bonchev–Trinajstić information content (AvgIpc) is 3.56. The predicted octanol–water partition coefficient (Wildman–Crippen LogP) is 4.15. The van der Waals surface area contributed by atoms with Crippen LogP contribution in [0.4, 0.5) is 4.39 Å². The molecule has 3 aromatic heterocycles. The summed E-state index contributed by atoms with van der Waals surface area (Å²) in [4.78, 5) is 33.1. The van der Waals surface area contributed by atoms with E-state index in [0.717, 1.165) is 56.1 Å². The van der Waals surface area contributed by atoms with Gasteiger partial charge in [0.2, 0.25) is 5.82 Å². The van der Waals surface area contributed by atoms with Crippen LogP contribution in [0, 0.1) is 28.5 Å². The zero-order valence-electron chi connectivity index (χ0n) is 20.5. The van der Waals surface area contributed by atoms with Crippen LogP contribution in [0.15, 0.2) is 24.4 Å². The molecule has 3 aromatic rings. The summed E-state index contributed by atoms with van der Waals surface area (Å²) in [6, 6.07) is 5.54. The van der Waals surface area contributed by atoms with Crippen LogP contribution in [0.2, 0.25) is 0 Å². The summed E-state index contributed by atoms with van der Waals surface area (Å²) in [5.74, 6) is 0.366. The van der Waals surface area contributed by atoms with Crippen LogP contribution < -0.4 is 4.74 Å². The van der Waals surface area contributed by atoms with E-state index in [0.29, 0.717) is 29.3 Å². The summed E-state index contributed by atoms with van der Waals surface area (Å²) in [5.41, 5.74) is 2.22. The van der Waals surface area contributed by atoms with Crippen LogP contribution in [0.1, 0.15) is 60.7 Å². The lowest BCUT2D eigenvalue weighted by molar-refractivity contribution is 0.0412. The number of ether oxygens (including phenoxy) is 3. The molecule has 0 amide bonds. The first-order chi connectivity index (χ1) is 18.0. The quantitative estimate of drug-likeness (QED) is 0.318. The third-order valence-electron chi connectivity index (χ3n) is 6.84. The van der Waals surface area contributed by atoms with Gasteiger partial charge in [-0.3, -0.25) is 0 Å². The topological polar surface area (TPSA) is 136 Å². The number of aromatic nitrogens is 5. The molecule has 1 atom stereocenters. The van der Waals surface area contributed by atoms with Crippen molar-refractivity contribution in [2.75, 3.05) is 20.5 Å². The molecule has 3 heterocycles. The molecule has 0 bridgehead atoms. The number of carbonyl (C=O) groups excluding carboxylic acids is 1. The Kier molecular flexibility index (Phi) is 7.10. The number of fused-ring (bicyclic) bond motifs is 1. The van der Waals surface area contributed by atoms with E-state index in [4.69, 9.17) is 19.5 Å². The Hall–Kier alpha value is -3.91. The first-order valence-electron chi connectivity index (χ1n) is 12.2. The van der Waals surface area contributed by atoms with Crippen molar-refractivity contribution in [1.29, 1.82) is 5.26 Å². The zero-order chi connectivity index (χ0) is 25.8. The largest absolute Gasteiger partial charge is 0.460 e. The van der Waals surface area contributed by atoms with Gasteiger partial charge in [0.1, 0.15) is 11.3 Å². The van der Waals surface area contributed by atoms with Crippen LogP contribution in [-0.4, -0.2) is 51.4 Å². The molecule has 1 saturated carbocycles. The number of halogens is 1. The van der Waals surface area contributed by atoms with E-state index in [2.05, 4.69) is 37.1 Å². The number of carbonyl (C=O) groups is 1. The molecule has 0 radical (unpaired) electrons. The minimum absolute atomic E-state index is 0.0907. The lowest BCUT2D eigenvalue weighted by atomic mass is 9.87. The van der Waals surface area contributed by atoms with Gasteiger partial charge in [0.25, 0.3) is 5.88 Å². The highest BCUT2D eigenvalue weighted by Crippen LogP contribution is 2.48. The van der Waals surface area contributed by atoms with Crippen molar-refractivity contribution in [2.45, 2.75) is 44.9 Å². The van der Waals surface area contributed by atoms with Gasteiger partial charge in [-0.15, -0.1) is 0 Å². The molecule has 0 aromatic carbocycles. The van der Waals surface area contributed by atoms with E-state index >= 15 is 0 Å². The Balaban J connectivity index is 1.20. The maximum Gasteiger partial charge on any atom is 0.357 e. The number of rotatable bonds is 10. The van der Waals surface area contributed by atoms with E-state index in [9.17, 15) is 9.18 Å². The van der Waals surface area contributed by atoms with Crippen LogP contribution >= 0.6 is 0 Å². The first kappa shape index (κ1) is 24.8. The van der Waals surface area contributed by atoms with Crippen molar-refractivity contribution in [3.05, 3.63) is 47.6 Å². The molecule has 2 aliphatic carbocycles. The summed E-state index contributed by atoms with van der Waals surface area (Å²) < 4.78 is 29.3. The molecule has 192 valence electrons. The minimum Gasteiger partial charge on any atom is -0.460 e. The monoisotopic (exact) mass is 506 g/mol. The van der Waals surface area contributed by atoms with Crippen molar-refractivity contribution in [2.24, 2.45) is 11.3 Å². The smallest absolute Gasteiger partial charge is 0.357 e. The molecule has 1 unspecified atom stereocenters. The van der Waals surface area contributed by atoms with Crippen LogP contribution in [0.25, 0.3) is 16.7 Å². The van der Waals surface area contributed by atoms with E-state index in [-0.39, 0.29) is 30.4 Å². The number of esters is 1. The van der Waals surface area contributed by atoms with Crippen molar-refractivity contribution in [1.82, 2.24) is 24.9 Å². The molecular formula is C26H27FN6O4. The maximum absolute atomic E-state index is 13.9. The van der Waals surface area contributed by atoms with Gasteiger partial charge in [-0.25, -0.2) is 19.7 Å². The van der Waals surface area contributed by atoms with E-state index in [1.54, 1.807) is 12.1 Å². The van der Waals surface area contributed by atoms with Crippen molar-refractivity contribution >= 4 is 22.7 Å². The second-order valence-corrected chi connectivity index (χ2v) is 9.63. The van der Waals surface area contributed by atoms with Crippen LogP contribution in [-0.2, 0) is 15.9 Å². The fourth-order valence-electron chi connectivity index (χ4n) is 4.44. The van der Waals surface area contributed by atoms with E-state index < -0.39 is 11.8 Å². The lowest BCUT2D eigenvalue weighted by Crippen LogP contribution is -2.15. The van der Waals surface area contributed by atoms with E-state index in [1.807, 2.05) is 0 Å². The number of imidazole rings is 1. The number of nitrogens with zero attached hydrogens (tertiary/aromatic N) is 5. The molecule has 37 heavy (non-hydrogen) atoms. The first-order valence-corrected chi connectivity index (χ1v) is 12.2. The van der Waals surface area contributed by atoms with Crippen LogP contribution in [0.3, 0.4) is 0 Å². The Morgan fingerprint density at radius 3 is 2.89 bits per heavy atom. The Labute approximate surface area is 212 Å². The number of methoxy groups -OCH3 is 1. The number of nitriles is 1. The molecule has 10 nitrogen and oxygen atoms in total. The van der Waals surface area contributed by atoms with Gasteiger partial charge in [-0.2, -0.15) is 14.6 Å². The standard InChI is InChI=1S/C26H27FN6O4/c1-35-15-37-24-18(27)13-29-22(33-24)17-4-2-16(3-5-17)12-21-30-19-6-7-20(31-23(19)32-21)25(34)36-14-26(8-9-26)10-11-28/h4,6-7,13,16H,2-3,5,8-10,12,14-15H2,1H3,(H,30,31,32). The highest BCUT2D eigenvalue weighted by atomic mass is 19.1. The second-order valence-electron chi connectivity index (χ2n) is 9.63. The molecular weight excluding hydrogens is 479 g/mol. The molecule has 2 aliphatic rings. The van der Waals surface area contributed by atoms with Gasteiger partial charge >= 0.3 is 5.97 Å². The molecule has 0 saturated heterocycles. The molecule has 1 fully saturated rings. The molecule has 1 N–H and O–H groups in total. The summed E-state index contributed by atoms with van der Waals surface area (Å²) in [7, 11) is 1.46. The summed E-state index contributed by atoms with van der Waals surface area (Å²) in [6.45, 7) is 0.154. The zero-order valence-corrected chi connectivity index (χ0v) is 20.5. The highest BCUT2D eigenvalue weighted by Gasteiger charge is 2.43. The van der Waals surface area contributed by atoms with Crippen molar-refractivity contribution in [3.63, 3.8) is 0 Å². The maximum atomic E-state index is 13.9. The number of pyridine rings is 1. The highest BCUT2D eigenvalue weighted by molar-refractivity contribution is 5.89. The number of allylic oxidation sites excluding steroid dienone is 2.